The van der Waals surface area contributed by atoms with Crippen LogP contribution in [-0.2, 0) is 11.3 Å². The molecular weight excluding hydrogens is 316 g/mol. The number of hydrogen-bond acceptors (Lipinski definition) is 4. The molecule has 3 rings (SSSR count). The van der Waals surface area contributed by atoms with E-state index < -0.39 is 0 Å². The van der Waals surface area contributed by atoms with Gasteiger partial charge in [0.15, 0.2) is 0 Å². The fraction of sp³-hybridized carbons (Fsp3) is 0.400. The number of aromatic nitrogens is 1. The van der Waals surface area contributed by atoms with Crippen molar-refractivity contribution in [3.8, 4) is 5.75 Å². The van der Waals surface area contributed by atoms with Crippen LogP contribution in [-0.4, -0.2) is 41.6 Å². The fourth-order valence-corrected chi connectivity index (χ4v) is 2.98. The maximum Gasteiger partial charge on any atom is 0.253 e. The standard InChI is InChI=1S/C20H24N2O3/c1-2-24-19-10-13-22(14-11-19)20(23)16-6-8-18(9-7-16)25-15-17-5-3-4-12-21-17/h3-9,12,19H,2,10-11,13-15H2,1H3. The average Bonchev–Trinajstić information content (AvgIpc) is 2.68. The van der Waals surface area contributed by atoms with Gasteiger partial charge in [0.1, 0.15) is 12.4 Å². The third-order valence-electron chi connectivity index (χ3n) is 4.35. The van der Waals surface area contributed by atoms with E-state index in [1.165, 1.54) is 0 Å². The van der Waals surface area contributed by atoms with Gasteiger partial charge < -0.3 is 14.4 Å². The number of amides is 1. The zero-order valence-electron chi connectivity index (χ0n) is 14.6. The summed E-state index contributed by atoms with van der Waals surface area (Å²) in [5, 5.41) is 0. The van der Waals surface area contributed by atoms with Crippen LogP contribution >= 0.6 is 0 Å². The van der Waals surface area contributed by atoms with Crippen molar-refractivity contribution in [1.29, 1.82) is 0 Å². The van der Waals surface area contributed by atoms with Gasteiger partial charge in [0, 0.05) is 31.5 Å². The number of likely N-dealkylation sites (tertiary alicyclic amines) is 1. The van der Waals surface area contributed by atoms with Crippen molar-refractivity contribution >= 4 is 5.91 Å². The Hall–Kier alpha value is -2.40. The van der Waals surface area contributed by atoms with Crippen LogP contribution in [0.5, 0.6) is 5.75 Å². The molecule has 1 aromatic heterocycles. The van der Waals surface area contributed by atoms with Crippen LogP contribution < -0.4 is 4.74 Å². The van der Waals surface area contributed by atoms with Crippen molar-refractivity contribution < 1.29 is 14.3 Å². The van der Waals surface area contributed by atoms with Crippen molar-refractivity contribution in [2.45, 2.75) is 32.5 Å². The third-order valence-corrected chi connectivity index (χ3v) is 4.35. The Bertz CT molecular complexity index is 665. The lowest BCUT2D eigenvalue weighted by Crippen LogP contribution is -2.40. The van der Waals surface area contributed by atoms with Gasteiger partial charge in [-0.25, -0.2) is 0 Å². The number of nitrogens with zero attached hydrogens (tertiary/aromatic N) is 2. The van der Waals surface area contributed by atoms with Gasteiger partial charge in [-0.3, -0.25) is 9.78 Å². The van der Waals surface area contributed by atoms with E-state index in [1.54, 1.807) is 6.20 Å². The molecule has 0 N–H and O–H groups in total. The zero-order chi connectivity index (χ0) is 17.5. The Balaban J connectivity index is 1.52. The van der Waals surface area contributed by atoms with Crippen LogP contribution in [0.1, 0.15) is 35.8 Å². The minimum Gasteiger partial charge on any atom is -0.487 e. The van der Waals surface area contributed by atoms with E-state index in [-0.39, 0.29) is 12.0 Å². The smallest absolute Gasteiger partial charge is 0.253 e. The summed E-state index contributed by atoms with van der Waals surface area (Å²) in [5.74, 6) is 0.809. The lowest BCUT2D eigenvalue weighted by molar-refractivity contribution is 0.0146. The summed E-state index contributed by atoms with van der Waals surface area (Å²) in [4.78, 5) is 18.7. The van der Waals surface area contributed by atoms with Crippen LogP contribution in [0, 0.1) is 0 Å². The monoisotopic (exact) mass is 340 g/mol. The lowest BCUT2D eigenvalue weighted by Gasteiger charge is -2.31. The Labute approximate surface area is 148 Å². The van der Waals surface area contributed by atoms with Crippen molar-refractivity contribution in [2.75, 3.05) is 19.7 Å². The highest BCUT2D eigenvalue weighted by Gasteiger charge is 2.23. The normalized spacial score (nSPS) is 15.2. The van der Waals surface area contributed by atoms with Gasteiger partial charge in [-0.15, -0.1) is 0 Å². The molecule has 132 valence electrons. The van der Waals surface area contributed by atoms with Gasteiger partial charge >= 0.3 is 0 Å². The van der Waals surface area contributed by atoms with Crippen LogP contribution in [0.2, 0.25) is 0 Å². The Kier molecular flexibility index (Phi) is 6.01. The van der Waals surface area contributed by atoms with Gasteiger partial charge in [-0.05, 0) is 56.2 Å². The Morgan fingerprint density at radius 1 is 1.16 bits per heavy atom. The lowest BCUT2D eigenvalue weighted by atomic mass is 10.1. The molecule has 0 bridgehead atoms. The molecular formula is C20H24N2O3. The first-order valence-corrected chi connectivity index (χ1v) is 8.80. The maximum atomic E-state index is 12.6. The van der Waals surface area contributed by atoms with Crippen molar-refractivity contribution in [2.24, 2.45) is 0 Å². The van der Waals surface area contributed by atoms with Gasteiger partial charge in [0.25, 0.3) is 5.91 Å². The first-order chi connectivity index (χ1) is 12.3. The molecule has 1 fully saturated rings. The summed E-state index contributed by atoms with van der Waals surface area (Å²) in [6.07, 6.45) is 3.85. The molecule has 0 radical (unpaired) electrons. The van der Waals surface area contributed by atoms with Gasteiger partial charge in [0.05, 0.1) is 11.8 Å². The molecule has 2 aromatic rings. The van der Waals surface area contributed by atoms with Crippen molar-refractivity contribution in [3.05, 3.63) is 59.9 Å². The van der Waals surface area contributed by atoms with Crippen LogP contribution in [0.4, 0.5) is 0 Å². The van der Waals surface area contributed by atoms with Gasteiger partial charge in [-0.1, -0.05) is 6.07 Å². The number of piperidine rings is 1. The molecule has 1 aromatic carbocycles. The zero-order valence-corrected chi connectivity index (χ0v) is 14.6. The molecule has 0 atom stereocenters. The predicted octanol–water partition coefficient (Wildman–Crippen LogP) is 3.30. The maximum absolute atomic E-state index is 12.6. The SMILES string of the molecule is CCOC1CCN(C(=O)c2ccc(OCc3ccccn3)cc2)CC1. The van der Waals surface area contributed by atoms with E-state index in [2.05, 4.69) is 4.98 Å². The molecule has 5 heteroatoms. The molecule has 0 unspecified atom stereocenters. The third kappa shape index (κ3) is 4.79. The van der Waals surface area contributed by atoms with Crippen LogP contribution in [0.25, 0.3) is 0 Å². The molecule has 0 saturated carbocycles. The number of carbonyl (C=O) groups is 1. The van der Waals surface area contributed by atoms with Gasteiger partial charge in [-0.2, -0.15) is 0 Å². The second-order valence-electron chi connectivity index (χ2n) is 6.08. The van der Waals surface area contributed by atoms with Crippen LogP contribution in [0.3, 0.4) is 0 Å². The average molecular weight is 340 g/mol. The number of ether oxygens (including phenoxy) is 2. The highest BCUT2D eigenvalue weighted by Crippen LogP contribution is 2.19. The van der Waals surface area contributed by atoms with E-state index in [1.807, 2.05) is 54.3 Å². The topological polar surface area (TPSA) is 51.7 Å². The molecule has 5 nitrogen and oxygen atoms in total. The number of rotatable bonds is 6. The Morgan fingerprint density at radius 3 is 2.56 bits per heavy atom. The summed E-state index contributed by atoms with van der Waals surface area (Å²) in [5.41, 5.74) is 1.57. The fourth-order valence-electron chi connectivity index (χ4n) is 2.98. The minimum atomic E-state index is 0.0752. The summed E-state index contributed by atoms with van der Waals surface area (Å²) in [7, 11) is 0. The highest BCUT2D eigenvalue weighted by molar-refractivity contribution is 5.94. The van der Waals surface area contributed by atoms with E-state index in [4.69, 9.17) is 9.47 Å². The largest absolute Gasteiger partial charge is 0.487 e. The number of benzene rings is 1. The van der Waals surface area contributed by atoms with E-state index in [0.29, 0.717) is 12.2 Å². The number of hydrogen-bond donors (Lipinski definition) is 0. The number of carbonyl (C=O) groups excluding carboxylic acids is 1. The summed E-state index contributed by atoms with van der Waals surface area (Å²) in [6, 6.07) is 13.1. The van der Waals surface area contributed by atoms with E-state index >= 15 is 0 Å². The van der Waals surface area contributed by atoms with Gasteiger partial charge in [0.2, 0.25) is 0 Å². The molecule has 0 aliphatic carbocycles. The Morgan fingerprint density at radius 2 is 1.92 bits per heavy atom. The molecule has 2 heterocycles. The molecule has 1 aliphatic rings. The molecule has 1 amide bonds. The second kappa shape index (κ2) is 8.62. The molecule has 0 spiro atoms. The first kappa shape index (κ1) is 17.4. The van der Waals surface area contributed by atoms with E-state index in [9.17, 15) is 4.79 Å². The van der Waals surface area contributed by atoms with Crippen molar-refractivity contribution in [3.63, 3.8) is 0 Å². The van der Waals surface area contributed by atoms with E-state index in [0.717, 1.165) is 44.0 Å². The predicted molar refractivity (Wildman–Crippen MR) is 95.6 cm³/mol. The summed E-state index contributed by atoms with van der Waals surface area (Å²) < 4.78 is 11.3. The van der Waals surface area contributed by atoms with Crippen LogP contribution in [0.15, 0.2) is 48.7 Å². The highest BCUT2D eigenvalue weighted by atomic mass is 16.5. The minimum absolute atomic E-state index is 0.0752. The molecule has 25 heavy (non-hydrogen) atoms. The molecule has 1 aliphatic heterocycles. The second-order valence-corrected chi connectivity index (χ2v) is 6.08. The quantitative estimate of drug-likeness (QED) is 0.810. The summed E-state index contributed by atoms with van der Waals surface area (Å²) in [6.45, 7) is 4.66. The molecule has 1 saturated heterocycles. The number of pyridine rings is 1. The first-order valence-electron chi connectivity index (χ1n) is 8.80. The van der Waals surface area contributed by atoms with Crippen molar-refractivity contribution in [1.82, 2.24) is 9.88 Å². The summed E-state index contributed by atoms with van der Waals surface area (Å²) >= 11 is 0.